The second-order valence-corrected chi connectivity index (χ2v) is 9.52. The highest BCUT2D eigenvalue weighted by Crippen LogP contribution is 2.29. The molecule has 1 aromatic rings. The van der Waals surface area contributed by atoms with E-state index in [1.807, 2.05) is 0 Å². The number of hydrogen-bond donors (Lipinski definition) is 3. The minimum absolute atomic E-state index is 0.105. The van der Waals surface area contributed by atoms with Gasteiger partial charge in [-0.05, 0) is 68.4 Å². The molecule has 30 heavy (non-hydrogen) atoms. The van der Waals surface area contributed by atoms with Gasteiger partial charge in [-0.15, -0.1) is 0 Å². The quantitative estimate of drug-likeness (QED) is 0.468. The van der Waals surface area contributed by atoms with Gasteiger partial charge >= 0.3 is 0 Å². The Morgan fingerprint density at radius 2 is 1.67 bits per heavy atom. The second kappa shape index (κ2) is 11.7. The summed E-state index contributed by atoms with van der Waals surface area (Å²) in [5.74, 6) is 2.63. The summed E-state index contributed by atoms with van der Waals surface area (Å²) in [4.78, 5) is 7.27. The second-order valence-electron chi connectivity index (χ2n) is 9.52. The summed E-state index contributed by atoms with van der Waals surface area (Å²) in [5.41, 5.74) is 2.58. The molecule has 1 saturated heterocycles. The van der Waals surface area contributed by atoms with Crippen LogP contribution < -0.4 is 10.6 Å². The van der Waals surface area contributed by atoms with Gasteiger partial charge in [0.2, 0.25) is 0 Å². The number of aliphatic imine (C=N–C) groups is 1. The number of piperidine rings is 1. The smallest absolute Gasteiger partial charge is 0.191 e. The topological polar surface area (TPSA) is 59.9 Å². The molecule has 5 heteroatoms. The molecule has 0 amide bonds. The van der Waals surface area contributed by atoms with Crippen molar-refractivity contribution in [3.63, 3.8) is 0 Å². The summed E-state index contributed by atoms with van der Waals surface area (Å²) in [6, 6.07) is 9.40. The Kier molecular flexibility index (Phi) is 9.01. The van der Waals surface area contributed by atoms with Crippen molar-refractivity contribution >= 4 is 5.96 Å². The van der Waals surface area contributed by atoms with Crippen LogP contribution in [0.1, 0.15) is 70.4 Å². The third-order valence-corrected chi connectivity index (χ3v) is 6.81. The average Bonchev–Trinajstić information content (AvgIpc) is 2.75. The van der Waals surface area contributed by atoms with Crippen LogP contribution in [-0.2, 0) is 13.1 Å². The fourth-order valence-corrected chi connectivity index (χ4v) is 4.70. The maximum atomic E-state index is 9.66. The van der Waals surface area contributed by atoms with Gasteiger partial charge in [0.05, 0.1) is 12.6 Å². The first-order chi connectivity index (χ1) is 14.5. The summed E-state index contributed by atoms with van der Waals surface area (Å²) < 4.78 is 0. The maximum Gasteiger partial charge on any atom is 0.191 e. The van der Waals surface area contributed by atoms with Crippen LogP contribution in [-0.4, -0.2) is 47.7 Å². The van der Waals surface area contributed by atoms with Crippen molar-refractivity contribution < 1.29 is 5.11 Å². The molecule has 2 aliphatic rings. The van der Waals surface area contributed by atoms with Crippen LogP contribution in [0.15, 0.2) is 29.3 Å². The Hall–Kier alpha value is -1.59. The van der Waals surface area contributed by atoms with E-state index < -0.39 is 0 Å². The van der Waals surface area contributed by atoms with E-state index in [1.165, 1.54) is 36.8 Å². The summed E-state index contributed by atoms with van der Waals surface area (Å²) in [6.45, 7) is 11.4. The maximum absolute atomic E-state index is 9.66. The van der Waals surface area contributed by atoms with Crippen molar-refractivity contribution in [1.29, 1.82) is 0 Å². The van der Waals surface area contributed by atoms with Crippen molar-refractivity contribution in [3.8, 4) is 0 Å². The number of rotatable bonds is 7. The highest BCUT2D eigenvalue weighted by atomic mass is 16.3. The lowest BCUT2D eigenvalue weighted by atomic mass is 9.80. The van der Waals surface area contributed by atoms with Gasteiger partial charge in [0.1, 0.15) is 0 Å². The lowest BCUT2D eigenvalue weighted by Crippen LogP contribution is -2.45. The molecule has 0 unspecified atom stereocenters. The number of nitrogens with one attached hydrogen (secondary N) is 2. The number of likely N-dealkylation sites (tertiary alicyclic amines) is 1. The first-order valence-electron chi connectivity index (χ1n) is 12.1. The summed E-state index contributed by atoms with van der Waals surface area (Å²) in [7, 11) is 0. The molecule has 1 heterocycles. The zero-order valence-corrected chi connectivity index (χ0v) is 19.2. The minimum atomic E-state index is -0.105. The summed E-state index contributed by atoms with van der Waals surface area (Å²) in [6.07, 6.45) is 6.83. The van der Waals surface area contributed by atoms with Crippen LogP contribution in [0.2, 0.25) is 0 Å². The molecule has 1 aliphatic heterocycles. The Balaban J connectivity index is 1.48. The minimum Gasteiger partial charge on any atom is -0.393 e. The molecular formula is C25H42N4O. The van der Waals surface area contributed by atoms with E-state index in [0.717, 1.165) is 56.8 Å². The molecule has 5 nitrogen and oxygen atoms in total. The molecule has 3 rings (SSSR count). The fraction of sp³-hybridized carbons (Fsp3) is 0.720. The van der Waals surface area contributed by atoms with E-state index in [2.05, 4.69) is 60.6 Å². The Morgan fingerprint density at radius 1 is 1.03 bits per heavy atom. The molecule has 168 valence electrons. The third-order valence-electron chi connectivity index (χ3n) is 6.81. The van der Waals surface area contributed by atoms with E-state index in [1.54, 1.807) is 0 Å². The number of guanidine groups is 1. The molecule has 0 spiro atoms. The van der Waals surface area contributed by atoms with Gasteiger partial charge in [0, 0.05) is 32.2 Å². The van der Waals surface area contributed by atoms with Crippen LogP contribution in [0.5, 0.6) is 0 Å². The molecule has 2 fully saturated rings. The predicted molar refractivity (Wildman–Crippen MR) is 125 cm³/mol. The van der Waals surface area contributed by atoms with Crippen molar-refractivity contribution in [2.75, 3.05) is 19.6 Å². The summed E-state index contributed by atoms with van der Waals surface area (Å²) in [5, 5.41) is 16.7. The van der Waals surface area contributed by atoms with Crippen molar-refractivity contribution in [2.45, 2.75) is 84.5 Å². The first-order valence-corrected chi connectivity index (χ1v) is 12.1. The van der Waals surface area contributed by atoms with Gasteiger partial charge in [0.25, 0.3) is 0 Å². The molecule has 3 N–H and O–H groups in total. The van der Waals surface area contributed by atoms with Crippen molar-refractivity contribution in [2.24, 2.45) is 16.8 Å². The zero-order valence-electron chi connectivity index (χ0n) is 19.2. The number of hydrogen-bond acceptors (Lipinski definition) is 3. The van der Waals surface area contributed by atoms with E-state index in [4.69, 9.17) is 4.99 Å². The molecule has 0 aromatic heterocycles. The van der Waals surface area contributed by atoms with Gasteiger partial charge < -0.3 is 15.7 Å². The van der Waals surface area contributed by atoms with Crippen molar-refractivity contribution in [1.82, 2.24) is 15.5 Å². The monoisotopic (exact) mass is 414 g/mol. The van der Waals surface area contributed by atoms with Crippen LogP contribution in [0, 0.1) is 11.8 Å². The molecule has 1 saturated carbocycles. The van der Waals surface area contributed by atoms with Crippen molar-refractivity contribution in [3.05, 3.63) is 35.4 Å². The first kappa shape index (κ1) is 23.1. The largest absolute Gasteiger partial charge is 0.393 e. The molecule has 0 radical (unpaired) electrons. The van der Waals surface area contributed by atoms with Crippen LogP contribution in [0.25, 0.3) is 0 Å². The number of nitrogens with zero attached hydrogens (tertiary/aromatic N) is 2. The zero-order chi connectivity index (χ0) is 21.3. The highest BCUT2D eigenvalue weighted by Gasteiger charge is 2.23. The molecule has 0 bridgehead atoms. The summed E-state index contributed by atoms with van der Waals surface area (Å²) >= 11 is 0. The van der Waals surface area contributed by atoms with Gasteiger partial charge in [-0.1, -0.05) is 38.1 Å². The lowest BCUT2D eigenvalue weighted by molar-refractivity contribution is 0.0792. The SMILES string of the molecule is CCNC(=NCc1ccc(CN2CCC(O)CC2)cc1)NC1CCC(C(C)C)CC1. The van der Waals surface area contributed by atoms with Crippen LogP contribution in [0.4, 0.5) is 0 Å². The fourth-order valence-electron chi connectivity index (χ4n) is 4.70. The predicted octanol–water partition coefficient (Wildman–Crippen LogP) is 3.91. The van der Waals surface area contributed by atoms with Gasteiger partial charge in [-0.2, -0.15) is 0 Å². The third kappa shape index (κ3) is 7.28. The Bertz CT molecular complexity index is 642. The van der Waals surface area contributed by atoms with E-state index in [9.17, 15) is 5.11 Å². The Morgan fingerprint density at radius 3 is 2.27 bits per heavy atom. The standard InChI is InChI=1S/C25H42N4O/c1-4-26-25(28-23-11-9-22(10-12-23)19(2)3)27-17-20-5-7-21(8-6-20)18-29-15-13-24(30)14-16-29/h5-8,19,22-24,30H,4,9-18H2,1-3H3,(H2,26,27,28). The van der Waals surface area contributed by atoms with E-state index >= 15 is 0 Å². The number of aliphatic hydroxyl groups is 1. The lowest BCUT2D eigenvalue weighted by Gasteiger charge is -2.32. The van der Waals surface area contributed by atoms with E-state index in [-0.39, 0.29) is 6.10 Å². The van der Waals surface area contributed by atoms with Gasteiger partial charge in [0.15, 0.2) is 5.96 Å². The highest BCUT2D eigenvalue weighted by molar-refractivity contribution is 5.80. The van der Waals surface area contributed by atoms with Gasteiger partial charge in [-0.3, -0.25) is 4.90 Å². The van der Waals surface area contributed by atoms with Crippen LogP contribution >= 0.6 is 0 Å². The van der Waals surface area contributed by atoms with Crippen LogP contribution in [0.3, 0.4) is 0 Å². The van der Waals surface area contributed by atoms with Gasteiger partial charge in [-0.25, -0.2) is 4.99 Å². The number of benzene rings is 1. The number of aliphatic hydroxyl groups excluding tert-OH is 1. The molecular weight excluding hydrogens is 372 g/mol. The normalized spacial score (nSPS) is 24.2. The Labute approximate surface area is 183 Å². The van der Waals surface area contributed by atoms with E-state index in [0.29, 0.717) is 12.6 Å². The average molecular weight is 415 g/mol. The molecule has 1 aromatic carbocycles. The molecule has 0 atom stereocenters. The molecule has 1 aliphatic carbocycles.